The molecule has 0 fully saturated rings. The highest BCUT2D eigenvalue weighted by atomic mass is 35.5. The fourth-order valence-corrected chi connectivity index (χ4v) is 3.12. The molecule has 0 radical (unpaired) electrons. The van der Waals surface area contributed by atoms with Gasteiger partial charge >= 0.3 is 11.9 Å². The van der Waals surface area contributed by atoms with Gasteiger partial charge < -0.3 is 14.7 Å². The second kappa shape index (κ2) is 9.61. The fraction of sp³-hybridized carbons (Fsp3) is 0.190. The summed E-state index contributed by atoms with van der Waals surface area (Å²) in [6.07, 6.45) is -1.73. The van der Waals surface area contributed by atoms with Crippen molar-refractivity contribution in [2.45, 2.75) is 19.6 Å². The number of carboxylic acids is 1. The van der Waals surface area contributed by atoms with E-state index >= 15 is 0 Å². The minimum atomic E-state index is -1.73. The molecular formula is C21H20ClN3O6. The molecule has 1 aromatic heterocycles. The van der Waals surface area contributed by atoms with E-state index in [-0.39, 0.29) is 18.8 Å². The van der Waals surface area contributed by atoms with Crippen LogP contribution in [0.15, 0.2) is 57.8 Å². The Balaban J connectivity index is 1.78. The van der Waals surface area contributed by atoms with E-state index in [2.05, 4.69) is 5.43 Å². The number of aromatic amines is 1. The lowest BCUT2D eigenvalue weighted by Crippen LogP contribution is -2.47. The number of H-pyrrole nitrogens is 1. The second-order valence-electron chi connectivity index (χ2n) is 6.91. The summed E-state index contributed by atoms with van der Waals surface area (Å²) < 4.78 is 4.75. The maximum Gasteiger partial charge on any atom is 0.333 e. The molecule has 0 unspecified atom stereocenters. The topological polar surface area (TPSA) is 136 Å². The molecule has 0 saturated heterocycles. The molecular weight excluding hydrogens is 426 g/mol. The summed E-state index contributed by atoms with van der Waals surface area (Å²) in [5, 5.41) is 22.6. The molecule has 0 aliphatic carbocycles. The smallest absolute Gasteiger partial charge is 0.333 e. The summed E-state index contributed by atoms with van der Waals surface area (Å²) >= 11 is 6.09. The van der Waals surface area contributed by atoms with Crippen LogP contribution in [0, 0.1) is 6.92 Å². The average Bonchev–Trinajstić information content (AvgIpc) is 3.17. The van der Waals surface area contributed by atoms with E-state index in [1.54, 1.807) is 0 Å². The molecule has 162 valence electrons. The van der Waals surface area contributed by atoms with Gasteiger partial charge in [0.05, 0.1) is 12.6 Å². The summed E-state index contributed by atoms with van der Waals surface area (Å²) in [6.45, 7) is 1.69. The molecule has 1 heterocycles. The molecule has 9 nitrogen and oxygen atoms in total. The van der Waals surface area contributed by atoms with Gasteiger partial charge in [-0.25, -0.2) is 9.80 Å². The van der Waals surface area contributed by atoms with Crippen molar-refractivity contribution in [3.05, 3.63) is 80.8 Å². The van der Waals surface area contributed by atoms with Crippen molar-refractivity contribution in [3.8, 4) is 11.1 Å². The third kappa shape index (κ3) is 5.82. The number of carbonyl (C=O) groups excluding carboxylic acids is 1. The van der Waals surface area contributed by atoms with E-state index in [0.29, 0.717) is 5.02 Å². The Morgan fingerprint density at radius 2 is 1.90 bits per heavy atom. The Hall–Kier alpha value is -3.40. The average molecular weight is 446 g/mol. The van der Waals surface area contributed by atoms with Gasteiger partial charge in [0.1, 0.15) is 0 Å². The Morgan fingerprint density at radius 1 is 1.19 bits per heavy atom. The molecule has 3 rings (SSSR count). The van der Waals surface area contributed by atoms with Crippen LogP contribution >= 0.6 is 11.6 Å². The molecule has 4 N–H and O–H groups in total. The lowest BCUT2D eigenvalue weighted by Gasteiger charge is -2.24. The highest BCUT2D eigenvalue weighted by Crippen LogP contribution is 2.27. The molecule has 10 heteroatoms. The number of carbonyl (C=O) groups is 2. The molecule has 1 amide bonds. The van der Waals surface area contributed by atoms with Gasteiger partial charge in [0, 0.05) is 11.6 Å². The van der Waals surface area contributed by atoms with Crippen LogP contribution in [0.5, 0.6) is 0 Å². The number of aryl methyl sites for hydroxylation is 1. The number of aromatic nitrogens is 1. The lowest BCUT2D eigenvalue weighted by molar-refractivity contribution is -0.148. The van der Waals surface area contributed by atoms with Crippen molar-refractivity contribution < 1.29 is 24.3 Å². The number of aliphatic carboxylic acids is 1. The lowest BCUT2D eigenvalue weighted by atomic mass is 9.99. The molecule has 3 aromatic rings. The first-order chi connectivity index (χ1) is 14.7. The summed E-state index contributed by atoms with van der Waals surface area (Å²) in [7, 11) is 0. The zero-order chi connectivity index (χ0) is 22.5. The fourth-order valence-electron chi connectivity index (χ4n) is 2.95. The Kier molecular flexibility index (Phi) is 6.91. The second-order valence-corrected chi connectivity index (χ2v) is 7.35. The third-order valence-electron chi connectivity index (χ3n) is 4.52. The van der Waals surface area contributed by atoms with Crippen molar-refractivity contribution in [3.63, 3.8) is 0 Å². The van der Waals surface area contributed by atoms with Crippen LogP contribution in [0.1, 0.15) is 21.7 Å². The third-order valence-corrected chi connectivity index (χ3v) is 4.76. The Morgan fingerprint density at radius 3 is 2.52 bits per heavy atom. The maximum atomic E-state index is 12.3. The zero-order valence-corrected chi connectivity index (χ0v) is 17.2. The van der Waals surface area contributed by atoms with E-state index in [0.717, 1.165) is 28.3 Å². The van der Waals surface area contributed by atoms with Crippen LogP contribution in [0.3, 0.4) is 0 Å². The van der Waals surface area contributed by atoms with E-state index in [1.165, 1.54) is 5.01 Å². The number of rotatable bonds is 8. The molecule has 0 aliphatic rings. The normalized spacial score (nSPS) is 12.0. The highest BCUT2D eigenvalue weighted by molar-refractivity contribution is 6.30. The van der Waals surface area contributed by atoms with Crippen molar-refractivity contribution in [2.24, 2.45) is 0 Å². The van der Waals surface area contributed by atoms with Gasteiger partial charge in [0.2, 0.25) is 5.76 Å². The van der Waals surface area contributed by atoms with Crippen molar-refractivity contribution in [1.29, 1.82) is 0 Å². The number of hydrogen-bond donors (Lipinski definition) is 4. The SMILES string of the molecule is Cc1ccc(Cl)cc1-c1ccc(CN(C[C@@H](O)C(=O)O)NC(=O)c2cc(=O)[nH]o2)cc1. The maximum absolute atomic E-state index is 12.3. The largest absolute Gasteiger partial charge is 0.479 e. The minimum Gasteiger partial charge on any atom is -0.479 e. The van der Waals surface area contributed by atoms with E-state index in [1.807, 2.05) is 54.5 Å². The van der Waals surface area contributed by atoms with Crippen LogP contribution in [-0.4, -0.2) is 44.9 Å². The predicted molar refractivity (Wildman–Crippen MR) is 112 cm³/mol. The molecule has 31 heavy (non-hydrogen) atoms. The van der Waals surface area contributed by atoms with Gasteiger partial charge in [-0.15, -0.1) is 0 Å². The number of hydrazine groups is 1. The van der Waals surface area contributed by atoms with Crippen LogP contribution < -0.4 is 11.0 Å². The van der Waals surface area contributed by atoms with Gasteiger partial charge in [0.15, 0.2) is 6.10 Å². The van der Waals surface area contributed by atoms with Crippen LogP contribution in [0.2, 0.25) is 5.02 Å². The molecule has 0 bridgehead atoms. The summed E-state index contributed by atoms with van der Waals surface area (Å²) in [5.41, 5.74) is 5.59. The van der Waals surface area contributed by atoms with Crippen LogP contribution in [-0.2, 0) is 11.3 Å². The number of benzene rings is 2. The summed E-state index contributed by atoms with van der Waals surface area (Å²) in [4.78, 5) is 34.5. The Labute approximate surface area is 181 Å². The van der Waals surface area contributed by atoms with Gasteiger partial charge in [0.25, 0.3) is 5.56 Å². The monoisotopic (exact) mass is 445 g/mol. The van der Waals surface area contributed by atoms with Gasteiger partial charge in [-0.3, -0.25) is 15.0 Å². The van der Waals surface area contributed by atoms with Crippen molar-refractivity contribution >= 4 is 23.5 Å². The molecule has 0 aliphatic heterocycles. The van der Waals surface area contributed by atoms with E-state index in [4.69, 9.17) is 21.2 Å². The first-order valence-corrected chi connectivity index (χ1v) is 9.61. The summed E-state index contributed by atoms with van der Waals surface area (Å²) in [6, 6.07) is 14.0. The number of aliphatic hydroxyl groups is 1. The number of halogens is 1. The standard InChI is InChI=1S/C21H20ClN3O6/c1-12-2-7-15(22)8-16(12)14-5-3-13(4-6-14)10-25(11-17(26)21(29)30)23-20(28)18-9-19(27)24-31-18/h2-9,17,26H,10-11H2,1H3,(H,23,28)(H,24,27)(H,29,30)/t17-/m1/s1. The quantitative estimate of drug-likeness (QED) is 0.390. The first kappa shape index (κ1) is 22.3. The number of hydrogen-bond acceptors (Lipinski definition) is 6. The van der Waals surface area contributed by atoms with Crippen molar-refractivity contribution in [1.82, 2.24) is 15.6 Å². The van der Waals surface area contributed by atoms with Gasteiger partial charge in [-0.05, 0) is 41.3 Å². The summed E-state index contributed by atoms with van der Waals surface area (Å²) in [5.74, 6) is -2.46. The number of nitrogens with zero attached hydrogens (tertiary/aromatic N) is 1. The molecule has 2 aromatic carbocycles. The van der Waals surface area contributed by atoms with Gasteiger partial charge in [-0.2, -0.15) is 5.16 Å². The van der Waals surface area contributed by atoms with E-state index in [9.17, 15) is 19.5 Å². The van der Waals surface area contributed by atoms with Crippen molar-refractivity contribution in [2.75, 3.05) is 6.54 Å². The Bertz CT molecular complexity index is 1140. The number of carboxylic acid groups (broad SMARTS) is 1. The van der Waals surface area contributed by atoms with E-state index < -0.39 is 23.5 Å². The minimum absolute atomic E-state index is 0.0968. The zero-order valence-electron chi connectivity index (χ0n) is 16.5. The highest BCUT2D eigenvalue weighted by Gasteiger charge is 2.22. The first-order valence-electron chi connectivity index (χ1n) is 9.23. The van der Waals surface area contributed by atoms with Crippen LogP contribution in [0.4, 0.5) is 0 Å². The molecule has 0 saturated carbocycles. The number of nitrogens with one attached hydrogen (secondary N) is 2. The number of aliphatic hydroxyl groups excluding tert-OH is 1. The number of amides is 1. The molecule has 0 spiro atoms. The predicted octanol–water partition coefficient (Wildman–Crippen LogP) is 2.19. The van der Waals surface area contributed by atoms with Gasteiger partial charge in [-0.1, -0.05) is 41.9 Å². The molecule has 1 atom stereocenters. The van der Waals surface area contributed by atoms with Crippen LogP contribution in [0.25, 0.3) is 11.1 Å².